The van der Waals surface area contributed by atoms with Gasteiger partial charge in [0.05, 0.1) is 18.6 Å². The molecule has 0 aliphatic carbocycles. The van der Waals surface area contributed by atoms with Crippen molar-refractivity contribution in [1.29, 1.82) is 0 Å². The number of carbonyl (C=O) groups is 1. The molecule has 2 aromatic heterocycles. The van der Waals surface area contributed by atoms with Crippen molar-refractivity contribution < 1.29 is 9.21 Å². The van der Waals surface area contributed by atoms with Crippen LogP contribution in [0.2, 0.25) is 0 Å². The molecule has 1 aromatic carbocycles. The zero-order chi connectivity index (χ0) is 19.2. The molecule has 1 saturated heterocycles. The molecule has 0 bridgehead atoms. The van der Waals surface area contributed by atoms with Crippen molar-refractivity contribution in [2.75, 3.05) is 19.6 Å². The van der Waals surface area contributed by atoms with Crippen LogP contribution in [0.15, 0.2) is 65.8 Å². The van der Waals surface area contributed by atoms with Crippen molar-refractivity contribution in [1.82, 2.24) is 19.8 Å². The predicted molar refractivity (Wildman–Crippen MR) is 107 cm³/mol. The summed E-state index contributed by atoms with van der Waals surface area (Å²) in [5.74, 6) is 0.862. The van der Waals surface area contributed by atoms with E-state index >= 15 is 0 Å². The molecule has 4 rings (SSSR count). The molecule has 3 aromatic rings. The Kier molecular flexibility index (Phi) is 5.87. The fraction of sp³-hybridized carbons (Fsp3) is 0.364. The van der Waals surface area contributed by atoms with Crippen LogP contribution in [0.4, 0.5) is 0 Å². The second-order valence-electron chi connectivity index (χ2n) is 7.27. The summed E-state index contributed by atoms with van der Waals surface area (Å²) in [6.45, 7) is 3.38. The van der Waals surface area contributed by atoms with Gasteiger partial charge in [0.25, 0.3) is 5.91 Å². The molecular formula is C22H26N4O2. The first-order chi connectivity index (χ1) is 13.8. The Morgan fingerprint density at radius 3 is 2.64 bits per heavy atom. The van der Waals surface area contributed by atoms with E-state index in [0.717, 1.165) is 31.0 Å². The van der Waals surface area contributed by atoms with Gasteiger partial charge in [-0.15, -0.1) is 0 Å². The molecule has 0 radical (unpaired) electrons. The van der Waals surface area contributed by atoms with E-state index in [1.54, 1.807) is 18.8 Å². The smallest absolute Gasteiger partial charge is 0.251 e. The van der Waals surface area contributed by atoms with E-state index in [9.17, 15) is 4.79 Å². The lowest BCUT2D eigenvalue weighted by atomic mass is 10.1. The highest BCUT2D eigenvalue weighted by molar-refractivity contribution is 5.94. The molecule has 28 heavy (non-hydrogen) atoms. The van der Waals surface area contributed by atoms with Crippen LogP contribution in [0.5, 0.6) is 0 Å². The lowest BCUT2D eigenvalue weighted by molar-refractivity contribution is 0.0914. The number of imidazole rings is 1. The Balaban J connectivity index is 1.37. The molecule has 1 fully saturated rings. The first-order valence-electron chi connectivity index (χ1n) is 9.90. The second-order valence-corrected chi connectivity index (χ2v) is 7.27. The first kappa shape index (κ1) is 18.5. The van der Waals surface area contributed by atoms with Crippen LogP contribution in [0.1, 0.15) is 47.0 Å². The summed E-state index contributed by atoms with van der Waals surface area (Å²) in [5.41, 5.74) is 1.81. The van der Waals surface area contributed by atoms with Crippen molar-refractivity contribution in [2.24, 2.45) is 0 Å². The van der Waals surface area contributed by atoms with Gasteiger partial charge < -0.3 is 14.3 Å². The second kappa shape index (κ2) is 8.89. The van der Waals surface area contributed by atoms with Crippen molar-refractivity contribution in [3.05, 3.63) is 78.3 Å². The summed E-state index contributed by atoms with van der Waals surface area (Å²) in [5, 5.41) is 3.09. The number of furan rings is 1. The van der Waals surface area contributed by atoms with Gasteiger partial charge in [0, 0.05) is 31.0 Å². The average Bonchev–Trinajstić information content (AvgIpc) is 3.44. The molecule has 6 heteroatoms. The van der Waals surface area contributed by atoms with E-state index < -0.39 is 0 Å². The number of rotatable bonds is 7. The Morgan fingerprint density at radius 2 is 1.96 bits per heavy atom. The van der Waals surface area contributed by atoms with Gasteiger partial charge in [0.15, 0.2) is 0 Å². The SMILES string of the molecule is O=C(NCC(c1ccco1)N1CCCCC1)c1ccc(Cn2ccnc2)cc1. The maximum Gasteiger partial charge on any atom is 0.251 e. The van der Waals surface area contributed by atoms with E-state index in [-0.39, 0.29) is 11.9 Å². The first-order valence-corrected chi connectivity index (χ1v) is 9.90. The van der Waals surface area contributed by atoms with Crippen LogP contribution in [0, 0.1) is 0 Å². The molecule has 146 valence electrons. The van der Waals surface area contributed by atoms with Crippen LogP contribution < -0.4 is 5.32 Å². The standard InChI is InChI=1S/C22H26N4O2/c27-22(19-8-6-18(7-9-19)16-25-13-10-23-17-25)24-15-20(21-5-4-14-28-21)26-11-2-1-3-12-26/h4-10,13-14,17,20H,1-3,11-12,15-16H2,(H,24,27). The molecule has 0 saturated carbocycles. The highest BCUT2D eigenvalue weighted by Gasteiger charge is 2.25. The molecule has 1 aliphatic heterocycles. The quantitative estimate of drug-likeness (QED) is 0.684. The van der Waals surface area contributed by atoms with Crippen LogP contribution in [-0.4, -0.2) is 40.0 Å². The Bertz CT molecular complexity index is 851. The van der Waals surface area contributed by atoms with Crippen LogP contribution in [0.25, 0.3) is 0 Å². The fourth-order valence-corrected chi connectivity index (χ4v) is 3.76. The Hall–Kier alpha value is -2.86. The monoisotopic (exact) mass is 378 g/mol. The highest BCUT2D eigenvalue weighted by atomic mass is 16.3. The van der Waals surface area contributed by atoms with E-state index in [1.807, 2.05) is 47.2 Å². The third kappa shape index (κ3) is 4.51. The van der Waals surface area contributed by atoms with Gasteiger partial charge in [-0.25, -0.2) is 4.98 Å². The summed E-state index contributed by atoms with van der Waals surface area (Å²) >= 11 is 0. The minimum absolute atomic E-state index is 0.0530. The van der Waals surface area contributed by atoms with Crippen molar-refractivity contribution >= 4 is 5.91 Å². The summed E-state index contributed by atoms with van der Waals surface area (Å²) in [6.07, 6.45) is 10.9. The number of piperidine rings is 1. The highest BCUT2D eigenvalue weighted by Crippen LogP contribution is 2.24. The molecule has 6 nitrogen and oxygen atoms in total. The van der Waals surface area contributed by atoms with E-state index in [1.165, 1.54) is 19.3 Å². The van der Waals surface area contributed by atoms with Crippen LogP contribution in [0.3, 0.4) is 0 Å². The zero-order valence-corrected chi connectivity index (χ0v) is 16.0. The number of benzene rings is 1. The summed E-state index contributed by atoms with van der Waals surface area (Å²) in [7, 11) is 0. The van der Waals surface area contributed by atoms with Gasteiger partial charge in [-0.3, -0.25) is 9.69 Å². The number of aromatic nitrogens is 2. The van der Waals surface area contributed by atoms with Gasteiger partial charge in [0.2, 0.25) is 0 Å². The number of amides is 1. The normalized spacial score (nSPS) is 16.0. The van der Waals surface area contributed by atoms with Crippen molar-refractivity contribution in [2.45, 2.75) is 31.8 Å². The van der Waals surface area contributed by atoms with Gasteiger partial charge in [0.1, 0.15) is 5.76 Å². The third-order valence-corrected chi connectivity index (χ3v) is 5.30. The van der Waals surface area contributed by atoms with Crippen LogP contribution in [-0.2, 0) is 6.54 Å². The number of likely N-dealkylation sites (tertiary alicyclic amines) is 1. The number of hydrogen-bond donors (Lipinski definition) is 1. The molecule has 1 unspecified atom stereocenters. The largest absolute Gasteiger partial charge is 0.468 e. The van der Waals surface area contributed by atoms with Gasteiger partial charge in [-0.05, 0) is 55.8 Å². The summed E-state index contributed by atoms with van der Waals surface area (Å²) in [6, 6.07) is 11.7. The molecule has 1 atom stereocenters. The fourth-order valence-electron chi connectivity index (χ4n) is 3.76. The summed E-state index contributed by atoms with van der Waals surface area (Å²) in [4.78, 5) is 19.1. The summed E-state index contributed by atoms with van der Waals surface area (Å²) < 4.78 is 7.65. The maximum absolute atomic E-state index is 12.7. The Morgan fingerprint density at radius 1 is 1.14 bits per heavy atom. The lowest BCUT2D eigenvalue weighted by Gasteiger charge is -2.33. The minimum Gasteiger partial charge on any atom is -0.468 e. The van der Waals surface area contributed by atoms with Gasteiger partial charge >= 0.3 is 0 Å². The third-order valence-electron chi connectivity index (χ3n) is 5.30. The van der Waals surface area contributed by atoms with Gasteiger partial charge in [-0.1, -0.05) is 18.6 Å². The number of carbonyl (C=O) groups excluding carboxylic acids is 1. The Labute approximate surface area is 165 Å². The number of nitrogens with zero attached hydrogens (tertiary/aromatic N) is 3. The molecule has 3 heterocycles. The molecular weight excluding hydrogens is 352 g/mol. The lowest BCUT2D eigenvalue weighted by Crippen LogP contribution is -2.40. The van der Waals surface area contributed by atoms with Crippen molar-refractivity contribution in [3.63, 3.8) is 0 Å². The topological polar surface area (TPSA) is 63.3 Å². The molecule has 1 N–H and O–H groups in total. The number of hydrogen-bond acceptors (Lipinski definition) is 4. The molecule has 1 aliphatic rings. The molecule has 0 spiro atoms. The van der Waals surface area contributed by atoms with E-state index in [2.05, 4.69) is 15.2 Å². The maximum atomic E-state index is 12.7. The average molecular weight is 378 g/mol. The van der Waals surface area contributed by atoms with Crippen molar-refractivity contribution in [3.8, 4) is 0 Å². The van der Waals surface area contributed by atoms with Gasteiger partial charge in [-0.2, -0.15) is 0 Å². The minimum atomic E-state index is -0.0530. The zero-order valence-electron chi connectivity index (χ0n) is 16.0. The van der Waals surface area contributed by atoms with E-state index in [0.29, 0.717) is 12.1 Å². The van der Waals surface area contributed by atoms with Crippen LogP contribution >= 0.6 is 0 Å². The molecule has 1 amide bonds. The number of nitrogens with one attached hydrogen (secondary N) is 1. The van der Waals surface area contributed by atoms with E-state index in [4.69, 9.17) is 4.42 Å². The predicted octanol–water partition coefficient (Wildman–Crippen LogP) is 3.48.